The van der Waals surface area contributed by atoms with Crippen LogP contribution in [0.3, 0.4) is 0 Å². The highest BCUT2D eigenvalue weighted by Gasteiger charge is 2.37. The predicted octanol–water partition coefficient (Wildman–Crippen LogP) is 5.34. The van der Waals surface area contributed by atoms with Crippen molar-refractivity contribution in [2.45, 2.75) is 37.5 Å². The molecule has 0 amide bonds. The van der Waals surface area contributed by atoms with E-state index < -0.39 is 0 Å². The molecule has 0 radical (unpaired) electrons. The van der Waals surface area contributed by atoms with Crippen LogP contribution in [-0.2, 0) is 18.3 Å². The van der Waals surface area contributed by atoms with Crippen LogP contribution in [0.5, 0.6) is 11.5 Å². The number of hydrogen-bond donors (Lipinski definition) is 1. The van der Waals surface area contributed by atoms with Crippen LogP contribution < -0.4 is 4.74 Å². The van der Waals surface area contributed by atoms with Crippen LogP contribution in [0.15, 0.2) is 72.8 Å². The summed E-state index contributed by atoms with van der Waals surface area (Å²) in [6.07, 6.45) is 5.58. The quantitative estimate of drug-likeness (QED) is 0.592. The Bertz CT molecular complexity index is 1010. The maximum absolute atomic E-state index is 9.91. The Kier molecular flexibility index (Phi) is 5.69. The lowest BCUT2D eigenvalue weighted by Gasteiger charge is -2.39. The van der Waals surface area contributed by atoms with E-state index in [0.29, 0.717) is 5.75 Å². The second-order valence-corrected chi connectivity index (χ2v) is 9.00. The lowest BCUT2D eigenvalue weighted by molar-refractivity contribution is 0.237. The molecule has 1 atom stereocenters. The summed E-state index contributed by atoms with van der Waals surface area (Å²) in [4.78, 5) is 2.48. The Morgan fingerprint density at radius 1 is 0.839 bits per heavy atom. The number of ether oxygens (including phenoxy) is 1. The maximum Gasteiger partial charge on any atom is 0.119 e. The van der Waals surface area contributed by atoms with Gasteiger partial charge in [0.2, 0.25) is 0 Å². The topological polar surface area (TPSA) is 32.7 Å². The first-order valence-corrected chi connectivity index (χ1v) is 11.5. The highest BCUT2D eigenvalue weighted by atomic mass is 16.5. The molecule has 3 aromatic rings. The minimum absolute atomic E-state index is 0.0562. The smallest absolute Gasteiger partial charge is 0.119 e. The van der Waals surface area contributed by atoms with Crippen molar-refractivity contribution < 1.29 is 9.84 Å². The molecule has 1 heterocycles. The van der Waals surface area contributed by atoms with Crippen LogP contribution in [-0.4, -0.2) is 36.2 Å². The summed E-state index contributed by atoms with van der Waals surface area (Å²) in [6, 6.07) is 25.5. The summed E-state index contributed by atoms with van der Waals surface area (Å²) in [5.41, 5.74) is 5.24. The molecule has 1 aliphatic heterocycles. The van der Waals surface area contributed by atoms with Crippen molar-refractivity contribution in [3.63, 3.8) is 0 Å². The molecule has 1 fully saturated rings. The Morgan fingerprint density at radius 3 is 2.35 bits per heavy atom. The van der Waals surface area contributed by atoms with Gasteiger partial charge in [0.1, 0.15) is 18.1 Å². The van der Waals surface area contributed by atoms with E-state index in [1.807, 2.05) is 12.1 Å². The van der Waals surface area contributed by atoms with Crippen molar-refractivity contribution in [2.24, 2.45) is 0 Å². The summed E-state index contributed by atoms with van der Waals surface area (Å²) in [5.74, 6) is 1.31. The number of nitrogens with zero attached hydrogens (tertiary/aromatic N) is 1. The lowest BCUT2D eigenvalue weighted by Crippen LogP contribution is -2.34. The number of phenols is 1. The van der Waals surface area contributed by atoms with E-state index in [1.165, 1.54) is 48.2 Å². The van der Waals surface area contributed by atoms with E-state index >= 15 is 0 Å². The van der Waals surface area contributed by atoms with Gasteiger partial charge in [0, 0.05) is 12.0 Å². The first-order valence-electron chi connectivity index (χ1n) is 11.5. The van der Waals surface area contributed by atoms with Gasteiger partial charge in [0.15, 0.2) is 0 Å². The SMILES string of the molecule is Oc1ccc2c(c1)CCC(c1ccccc1)(c1ccc(OCCN3CCCC3)cc1)C2. The first-order chi connectivity index (χ1) is 15.2. The number of phenolic OH excluding ortho intramolecular Hbond substituents is 1. The average Bonchev–Trinajstić information content (AvgIpc) is 3.33. The van der Waals surface area contributed by atoms with Crippen molar-refractivity contribution in [3.8, 4) is 11.5 Å². The molecule has 0 saturated carbocycles. The largest absolute Gasteiger partial charge is 0.508 e. The Balaban J connectivity index is 1.39. The molecule has 1 saturated heterocycles. The van der Waals surface area contributed by atoms with E-state index in [1.54, 1.807) is 0 Å². The van der Waals surface area contributed by atoms with Crippen molar-refractivity contribution in [1.29, 1.82) is 0 Å². The summed E-state index contributed by atoms with van der Waals surface area (Å²) < 4.78 is 6.05. The number of hydrogen-bond acceptors (Lipinski definition) is 3. The second-order valence-electron chi connectivity index (χ2n) is 9.00. The van der Waals surface area contributed by atoms with Gasteiger partial charge in [0.25, 0.3) is 0 Å². The van der Waals surface area contributed by atoms with Crippen LogP contribution in [0.1, 0.15) is 41.5 Å². The molecular formula is C28H31NO2. The Morgan fingerprint density at radius 2 is 1.58 bits per heavy atom. The predicted molar refractivity (Wildman–Crippen MR) is 125 cm³/mol. The lowest BCUT2D eigenvalue weighted by atomic mass is 9.64. The summed E-state index contributed by atoms with van der Waals surface area (Å²) in [5, 5.41) is 9.91. The molecule has 0 bridgehead atoms. The zero-order valence-corrected chi connectivity index (χ0v) is 18.1. The van der Waals surface area contributed by atoms with E-state index in [-0.39, 0.29) is 5.41 Å². The van der Waals surface area contributed by atoms with Gasteiger partial charge in [-0.05, 0) is 91.7 Å². The van der Waals surface area contributed by atoms with Crippen LogP contribution in [0, 0.1) is 0 Å². The molecule has 1 N–H and O–H groups in total. The van der Waals surface area contributed by atoms with Gasteiger partial charge in [-0.15, -0.1) is 0 Å². The van der Waals surface area contributed by atoms with Crippen molar-refractivity contribution in [2.75, 3.05) is 26.2 Å². The molecule has 2 aliphatic rings. The van der Waals surface area contributed by atoms with E-state index in [4.69, 9.17) is 4.74 Å². The number of fused-ring (bicyclic) bond motifs is 1. The fourth-order valence-electron chi connectivity index (χ4n) is 5.36. The van der Waals surface area contributed by atoms with Crippen molar-refractivity contribution in [1.82, 2.24) is 4.90 Å². The van der Waals surface area contributed by atoms with Gasteiger partial charge in [-0.3, -0.25) is 4.90 Å². The summed E-state index contributed by atoms with van der Waals surface area (Å²) in [6.45, 7) is 4.18. The molecule has 3 aromatic carbocycles. The van der Waals surface area contributed by atoms with E-state index in [0.717, 1.165) is 38.2 Å². The Hall–Kier alpha value is -2.78. The number of aryl methyl sites for hydroxylation is 1. The van der Waals surface area contributed by atoms with Crippen LogP contribution in [0.25, 0.3) is 0 Å². The monoisotopic (exact) mass is 413 g/mol. The fraction of sp³-hybridized carbons (Fsp3) is 0.357. The van der Waals surface area contributed by atoms with E-state index in [9.17, 15) is 5.11 Å². The van der Waals surface area contributed by atoms with Gasteiger partial charge in [0.05, 0.1) is 0 Å². The zero-order chi connectivity index (χ0) is 21.1. The van der Waals surface area contributed by atoms with E-state index in [2.05, 4.69) is 65.6 Å². The molecule has 5 rings (SSSR count). The number of rotatable bonds is 6. The highest BCUT2D eigenvalue weighted by Crippen LogP contribution is 2.44. The van der Waals surface area contributed by atoms with Gasteiger partial charge in [-0.2, -0.15) is 0 Å². The minimum Gasteiger partial charge on any atom is -0.508 e. The summed E-state index contributed by atoms with van der Waals surface area (Å²) in [7, 11) is 0. The molecule has 3 heteroatoms. The molecule has 3 nitrogen and oxygen atoms in total. The van der Waals surface area contributed by atoms with Gasteiger partial charge in [-0.25, -0.2) is 0 Å². The molecule has 31 heavy (non-hydrogen) atoms. The second kappa shape index (κ2) is 8.76. The molecule has 0 spiro atoms. The number of likely N-dealkylation sites (tertiary alicyclic amines) is 1. The summed E-state index contributed by atoms with van der Waals surface area (Å²) >= 11 is 0. The number of aromatic hydroxyl groups is 1. The molecule has 1 unspecified atom stereocenters. The first kappa shape index (κ1) is 20.1. The third kappa shape index (κ3) is 4.20. The van der Waals surface area contributed by atoms with Gasteiger partial charge >= 0.3 is 0 Å². The molecule has 160 valence electrons. The van der Waals surface area contributed by atoms with Crippen LogP contribution in [0.2, 0.25) is 0 Å². The standard InChI is InChI=1S/C28H31NO2/c30-26-11-8-23-21-28(15-14-22(23)20-26,24-6-2-1-3-7-24)25-9-12-27(13-10-25)31-19-18-29-16-4-5-17-29/h1-3,6-13,20,30H,4-5,14-19,21H2. The zero-order valence-electron chi connectivity index (χ0n) is 18.1. The Labute approximate surface area is 185 Å². The van der Waals surface area contributed by atoms with Crippen molar-refractivity contribution in [3.05, 3.63) is 95.1 Å². The third-order valence-electron chi connectivity index (χ3n) is 7.11. The average molecular weight is 414 g/mol. The van der Waals surface area contributed by atoms with Crippen LogP contribution >= 0.6 is 0 Å². The minimum atomic E-state index is -0.0562. The molecule has 0 aromatic heterocycles. The number of benzene rings is 3. The molecule has 1 aliphatic carbocycles. The molecular weight excluding hydrogens is 382 g/mol. The van der Waals surface area contributed by atoms with Crippen LogP contribution in [0.4, 0.5) is 0 Å². The fourth-order valence-corrected chi connectivity index (χ4v) is 5.36. The normalized spacial score (nSPS) is 21.0. The van der Waals surface area contributed by atoms with Gasteiger partial charge < -0.3 is 9.84 Å². The van der Waals surface area contributed by atoms with Crippen molar-refractivity contribution >= 4 is 0 Å². The maximum atomic E-state index is 9.91. The van der Waals surface area contributed by atoms with Gasteiger partial charge in [-0.1, -0.05) is 48.5 Å². The highest BCUT2D eigenvalue weighted by molar-refractivity contribution is 5.48. The third-order valence-corrected chi connectivity index (χ3v) is 7.11.